The topological polar surface area (TPSA) is 68.8 Å². The number of aromatic amines is 1. The predicted octanol–water partition coefficient (Wildman–Crippen LogP) is 4.29. The molecule has 0 radical (unpaired) electrons. The van der Waals surface area contributed by atoms with Crippen molar-refractivity contribution in [3.05, 3.63) is 65.4 Å². The summed E-state index contributed by atoms with van der Waals surface area (Å²) in [5.41, 5.74) is 3.71. The van der Waals surface area contributed by atoms with Crippen LogP contribution in [0.3, 0.4) is 0 Å². The van der Waals surface area contributed by atoms with Crippen LogP contribution in [0.2, 0.25) is 0 Å². The van der Waals surface area contributed by atoms with Crippen LogP contribution >= 0.6 is 0 Å². The van der Waals surface area contributed by atoms with Crippen molar-refractivity contribution in [2.75, 3.05) is 13.1 Å². The summed E-state index contributed by atoms with van der Waals surface area (Å²) in [4.78, 5) is 10.3. The number of hydrogen-bond donors (Lipinski definition) is 1. The second kappa shape index (κ2) is 7.19. The molecule has 132 valence electrons. The fourth-order valence-electron chi connectivity index (χ4n) is 3.68. The molecule has 1 aromatic carbocycles. The maximum atomic E-state index is 9.36. The van der Waals surface area contributed by atoms with Gasteiger partial charge in [0.2, 0.25) is 0 Å². The van der Waals surface area contributed by atoms with Gasteiger partial charge in [0.1, 0.15) is 17.6 Å². The molecule has 1 atom stereocenters. The Morgan fingerprint density at radius 1 is 1.31 bits per heavy atom. The van der Waals surface area contributed by atoms with E-state index in [1.54, 1.807) is 6.33 Å². The summed E-state index contributed by atoms with van der Waals surface area (Å²) in [6.45, 7) is 4.23. The van der Waals surface area contributed by atoms with Gasteiger partial charge in [-0.25, -0.2) is 4.98 Å². The molecule has 2 aromatic heterocycles. The van der Waals surface area contributed by atoms with Crippen LogP contribution < -0.4 is 0 Å². The fraction of sp³-hybridized carbons (Fsp3) is 0.333. The number of aromatic nitrogens is 2. The van der Waals surface area contributed by atoms with Gasteiger partial charge in [0.15, 0.2) is 0 Å². The molecule has 5 heteroatoms. The van der Waals surface area contributed by atoms with Crippen molar-refractivity contribution in [1.29, 1.82) is 5.26 Å². The predicted molar refractivity (Wildman–Crippen MR) is 99.5 cm³/mol. The Labute approximate surface area is 153 Å². The Hall–Kier alpha value is -2.84. The van der Waals surface area contributed by atoms with Crippen LogP contribution in [0.4, 0.5) is 0 Å². The standard InChI is InChI=1S/C21H22N4O/c1-2-3-11-25-12-10-17-20(24-14-23-17)21(25)19-9-8-18(26-19)16-7-5-4-6-15(16)13-22/h4-9,14,21H,2-3,10-12H2,1H3,(H,23,24)/t21-/m0/s1. The number of nitriles is 1. The first-order valence-corrected chi connectivity index (χ1v) is 9.17. The molecular weight excluding hydrogens is 324 g/mol. The highest BCUT2D eigenvalue weighted by molar-refractivity contribution is 5.66. The largest absolute Gasteiger partial charge is 0.459 e. The number of nitrogens with zero attached hydrogens (tertiary/aromatic N) is 3. The number of fused-ring (bicyclic) bond motifs is 1. The lowest BCUT2D eigenvalue weighted by Gasteiger charge is -2.33. The Kier molecular flexibility index (Phi) is 4.59. The normalized spacial score (nSPS) is 17.0. The molecule has 0 unspecified atom stereocenters. The van der Waals surface area contributed by atoms with E-state index in [-0.39, 0.29) is 6.04 Å². The highest BCUT2D eigenvalue weighted by Gasteiger charge is 2.33. The SMILES string of the molecule is CCCCN1CCc2[nH]cnc2[C@@H]1c1ccc(-c2ccccc2C#N)o1. The van der Waals surface area contributed by atoms with Crippen molar-refractivity contribution in [3.63, 3.8) is 0 Å². The lowest BCUT2D eigenvalue weighted by molar-refractivity contribution is 0.186. The number of benzene rings is 1. The molecule has 1 aliphatic rings. The minimum absolute atomic E-state index is 0.0274. The number of nitrogens with one attached hydrogen (secondary N) is 1. The molecule has 1 N–H and O–H groups in total. The molecule has 0 amide bonds. The molecule has 1 aliphatic heterocycles. The first-order valence-electron chi connectivity index (χ1n) is 9.17. The van der Waals surface area contributed by atoms with E-state index in [1.807, 2.05) is 36.4 Å². The second-order valence-electron chi connectivity index (χ2n) is 6.67. The van der Waals surface area contributed by atoms with E-state index in [0.717, 1.165) is 55.1 Å². The Morgan fingerprint density at radius 2 is 2.19 bits per heavy atom. The van der Waals surface area contributed by atoms with Gasteiger partial charge < -0.3 is 9.40 Å². The summed E-state index contributed by atoms with van der Waals surface area (Å²) in [6.07, 6.45) is 5.08. The minimum Gasteiger partial charge on any atom is -0.459 e. The van der Waals surface area contributed by atoms with Crippen molar-refractivity contribution in [2.45, 2.75) is 32.2 Å². The van der Waals surface area contributed by atoms with E-state index in [0.29, 0.717) is 5.56 Å². The van der Waals surface area contributed by atoms with Crippen LogP contribution in [-0.2, 0) is 6.42 Å². The average Bonchev–Trinajstić information content (AvgIpc) is 3.35. The quantitative estimate of drug-likeness (QED) is 0.748. The van der Waals surface area contributed by atoms with Gasteiger partial charge >= 0.3 is 0 Å². The van der Waals surface area contributed by atoms with Crippen LogP contribution in [0.5, 0.6) is 0 Å². The Balaban J connectivity index is 1.72. The second-order valence-corrected chi connectivity index (χ2v) is 6.67. The number of hydrogen-bond acceptors (Lipinski definition) is 4. The molecule has 0 bridgehead atoms. The number of imidazole rings is 1. The number of rotatable bonds is 5. The fourth-order valence-corrected chi connectivity index (χ4v) is 3.68. The van der Waals surface area contributed by atoms with E-state index in [9.17, 15) is 5.26 Å². The van der Waals surface area contributed by atoms with Crippen molar-refractivity contribution >= 4 is 0 Å². The molecule has 5 nitrogen and oxygen atoms in total. The summed E-state index contributed by atoms with van der Waals surface area (Å²) in [6, 6.07) is 13.8. The zero-order valence-electron chi connectivity index (χ0n) is 14.9. The van der Waals surface area contributed by atoms with Gasteiger partial charge in [-0.1, -0.05) is 25.5 Å². The highest BCUT2D eigenvalue weighted by atomic mass is 16.3. The molecule has 3 heterocycles. The third-order valence-electron chi connectivity index (χ3n) is 5.03. The molecule has 4 rings (SSSR count). The van der Waals surface area contributed by atoms with E-state index in [2.05, 4.69) is 27.9 Å². The lowest BCUT2D eigenvalue weighted by atomic mass is 10.00. The smallest absolute Gasteiger partial charge is 0.135 e. The first-order chi connectivity index (χ1) is 12.8. The molecule has 0 spiro atoms. The summed E-state index contributed by atoms with van der Waals surface area (Å²) in [5.74, 6) is 1.62. The molecule has 0 fully saturated rings. The molecule has 0 aliphatic carbocycles. The van der Waals surface area contributed by atoms with E-state index < -0.39 is 0 Å². The maximum Gasteiger partial charge on any atom is 0.135 e. The van der Waals surface area contributed by atoms with Gasteiger partial charge in [-0.15, -0.1) is 0 Å². The highest BCUT2D eigenvalue weighted by Crippen LogP contribution is 2.36. The van der Waals surface area contributed by atoms with Gasteiger partial charge in [0.25, 0.3) is 0 Å². The van der Waals surface area contributed by atoms with Crippen LogP contribution in [0, 0.1) is 11.3 Å². The minimum atomic E-state index is 0.0274. The maximum absolute atomic E-state index is 9.36. The summed E-state index contributed by atoms with van der Waals surface area (Å²) >= 11 is 0. The summed E-state index contributed by atoms with van der Waals surface area (Å²) in [7, 11) is 0. The van der Waals surface area contributed by atoms with Crippen molar-refractivity contribution < 1.29 is 4.42 Å². The first kappa shape index (κ1) is 16.6. The van der Waals surface area contributed by atoms with Crippen LogP contribution in [-0.4, -0.2) is 28.0 Å². The van der Waals surface area contributed by atoms with E-state index in [1.165, 1.54) is 5.69 Å². The third-order valence-corrected chi connectivity index (χ3v) is 5.03. The zero-order chi connectivity index (χ0) is 17.9. The van der Waals surface area contributed by atoms with Gasteiger partial charge in [-0.3, -0.25) is 4.90 Å². The Bertz CT molecular complexity index is 933. The third kappa shape index (κ3) is 2.93. The molecule has 0 saturated carbocycles. The number of unbranched alkanes of at least 4 members (excludes halogenated alkanes) is 1. The van der Waals surface area contributed by atoms with Gasteiger partial charge in [0, 0.05) is 24.2 Å². The van der Waals surface area contributed by atoms with Crippen molar-refractivity contribution in [3.8, 4) is 17.4 Å². The lowest BCUT2D eigenvalue weighted by Crippen LogP contribution is -2.36. The Morgan fingerprint density at radius 3 is 3.04 bits per heavy atom. The molecule has 3 aromatic rings. The van der Waals surface area contributed by atoms with Crippen LogP contribution in [0.15, 0.2) is 47.1 Å². The molecular formula is C21H22N4O. The van der Waals surface area contributed by atoms with Gasteiger partial charge in [-0.05, 0) is 37.2 Å². The van der Waals surface area contributed by atoms with Crippen LogP contribution in [0.25, 0.3) is 11.3 Å². The zero-order valence-corrected chi connectivity index (χ0v) is 14.9. The van der Waals surface area contributed by atoms with E-state index >= 15 is 0 Å². The number of furan rings is 1. The summed E-state index contributed by atoms with van der Waals surface area (Å²) < 4.78 is 6.24. The average molecular weight is 346 g/mol. The molecule has 0 saturated heterocycles. The van der Waals surface area contributed by atoms with Crippen molar-refractivity contribution in [1.82, 2.24) is 14.9 Å². The summed E-state index contributed by atoms with van der Waals surface area (Å²) in [5, 5.41) is 9.36. The van der Waals surface area contributed by atoms with Gasteiger partial charge in [-0.2, -0.15) is 5.26 Å². The van der Waals surface area contributed by atoms with Gasteiger partial charge in [0.05, 0.1) is 23.7 Å². The number of H-pyrrole nitrogens is 1. The monoisotopic (exact) mass is 346 g/mol. The van der Waals surface area contributed by atoms with E-state index in [4.69, 9.17) is 4.42 Å². The van der Waals surface area contributed by atoms with Crippen LogP contribution in [0.1, 0.15) is 48.5 Å². The van der Waals surface area contributed by atoms with Crippen molar-refractivity contribution in [2.24, 2.45) is 0 Å². The molecule has 26 heavy (non-hydrogen) atoms.